The van der Waals surface area contributed by atoms with Gasteiger partial charge >= 0.3 is 0 Å². The van der Waals surface area contributed by atoms with E-state index in [-0.39, 0.29) is 5.56 Å². The van der Waals surface area contributed by atoms with Crippen LogP contribution in [0, 0.1) is 5.82 Å². The summed E-state index contributed by atoms with van der Waals surface area (Å²) in [6, 6.07) is 19.8. The quantitative estimate of drug-likeness (QED) is 0.316. The van der Waals surface area contributed by atoms with Crippen molar-refractivity contribution in [1.29, 1.82) is 0 Å². The van der Waals surface area contributed by atoms with Gasteiger partial charge in [0.25, 0.3) is 5.91 Å². The molecule has 5 rings (SSSR count). The van der Waals surface area contributed by atoms with Crippen LogP contribution in [0.4, 0.5) is 15.8 Å². The summed E-state index contributed by atoms with van der Waals surface area (Å²) in [5, 5.41) is 5.32. The van der Waals surface area contributed by atoms with Crippen molar-refractivity contribution in [3.05, 3.63) is 89.3 Å². The molecule has 7 heteroatoms. The van der Waals surface area contributed by atoms with Gasteiger partial charge in [-0.1, -0.05) is 35.9 Å². The van der Waals surface area contributed by atoms with Gasteiger partial charge in [0.05, 0.1) is 16.3 Å². The first-order valence-corrected chi connectivity index (χ1v) is 12.1. The van der Waals surface area contributed by atoms with E-state index in [1.54, 1.807) is 42.4 Å². The Balaban J connectivity index is 1.41. The van der Waals surface area contributed by atoms with E-state index >= 15 is 0 Å². The molecule has 0 radical (unpaired) electrons. The summed E-state index contributed by atoms with van der Waals surface area (Å²) in [4.78, 5) is 17.4. The fourth-order valence-electron chi connectivity index (χ4n) is 3.96. The van der Waals surface area contributed by atoms with Crippen LogP contribution in [0.25, 0.3) is 22.0 Å². The standard InChI is InChI=1S/C26H21ClFN3OS/c27-23-10-7-18(15-22(23)25-20-6-2-1-5-17(20)11-12-29-25)30-26(32)21-9-8-19(16-24(21)28)31-13-3-4-14-33-31/h1-2,5-12,15-16H,3-4,13-14H2,(H,30,32). The third kappa shape index (κ3) is 4.54. The molecular weight excluding hydrogens is 457 g/mol. The third-order valence-electron chi connectivity index (χ3n) is 5.64. The minimum absolute atomic E-state index is 0.000505. The Bertz CT molecular complexity index is 1340. The molecule has 1 fully saturated rings. The molecule has 2 heterocycles. The molecule has 33 heavy (non-hydrogen) atoms. The molecule has 4 aromatic rings. The highest BCUT2D eigenvalue weighted by molar-refractivity contribution is 8.00. The molecule has 166 valence electrons. The average Bonchev–Trinajstić information content (AvgIpc) is 2.85. The fraction of sp³-hybridized carbons (Fsp3) is 0.154. The smallest absolute Gasteiger partial charge is 0.258 e. The lowest BCUT2D eigenvalue weighted by atomic mass is 10.0. The summed E-state index contributed by atoms with van der Waals surface area (Å²) in [7, 11) is 0. The van der Waals surface area contributed by atoms with Crippen LogP contribution in [-0.4, -0.2) is 23.2 Å². The highest BCUT2D eigenvalue weighted by Gasteiger charge is 2.18. The molecule has 1 aliphatic rings. The molecule has 1 saturated heterocycles. The molecule has 1 aromatic heterocycles. The molecule has 0 bridgehead atoms. The fourth-order valence-corrected chi connectivity index (χ4v) is 5.24. The van der Waals surface area contributed by atoms with Gasteiger partial charge in [-0.3, -0.25) is 9.78 Å². The molecule has 0 atom stereocenters. The van der Waals surface area contributed by atoms with E-state index in [4.69, 9.17) is 11.6 Å². The van der Waals surface area contributed by atoms with Gasteiger partial charge in [0.1, 0.15) is 5.82 Å². The van der Waals surface area contributed by atoms with Crippen molar-refractivity contribution < 1.29 is 9.18 Å². The number of benzene rings is 3. The highest BCUT2D eigenvalue weighted by Crippen LogP contribution is 2.34. The lowest BCUT2D eigenvalue weighted by molar-refractivity contribution is 0.102. The molecule has 0 unspecified atom stereocenters. The maximum absolute atomic E-state index is 14.8. The lowest BCUT2D eigenvalue weighted by Gasteiger charge is -2.27. The maximum Gasteiger partial charge on any atom is 0.258 e. The Hall–Kier alpha value is -3.09. The summed E-state index contributed by atoms with van der Waals surface area (Å²) in [6.45, 7) is 0.880. The Kier molecular flexibility index (Phi) is 6.20. The zero-order chi connectivity index (χ0) is 22.8. The van der Waals surface area contributed by atoms with E-state index in [9.17, 15) is 9.18 Å². The van der Waals surface area contributed by atoms with Gasteiger partial charge in [0.15, 0.2) is 0 Å². The van der Waals surface area contributed by atoms with Crippen LogP contribution < -0.4 is 9.62 Å². The van der Waals surface area contributed by atoms with Gasteiger partial charge in [0.2, 0.25) is 0 Å². The second-order valence-electron chi connectivity index (χ2n) is 7.84. The average molecular weight is 478 g/mol. The summed E-state index contributed by atoms with van der Waals surface area (Å²) in [5.41, 5.74) is 2.72. The number of rotatable bonds is 4. The van der Waals surface area contributed by atoms with Crippen LogP contribution in [0.1, 0.15) is 23.2 Å². The Morgan fingerprint density at radius 3 is 2.76 bits per heavy atom. The minimum atomic E-state index is -0.541. The predicted octanol–water partition coefficient (Wildman–Crippen LogP) is 7.20. The minimum Gasteiger partial charge on any atom is -0.322 e. The third-order valence-corrected chi connectivity index (χ3v) is 7.15. The summed E-state index contributed by atoms with van der Waals surface area (Å²) in [5.74, 6) is -0.0283. The molecule has 1 N–H and O–H groups in total. The molecule has 0 saturated carbocycles. The maximum atomic E-state index is 14.8. The first kappa shape index (κ1) is 21.7. The van der Waals surface area contributed by atoms with Crippen molar-refractivity contribution in [2.75, 3.05) is 21.9 Å². The summed E-state index contributed by atoms with van der Waals surface area (Å²) < 4.78 is 16.9. The lowest BCUT2D eigenvalue weighted by Crippen LogP contribution is -2.21. The number of hydrogen-bond acceptors (Lipinski definition) is 4. The Labute approximate surface area is 200 Å². The second-order valence-corrected chi connectivity index (χ2v) is 9.35. The van der Waals surface area contributed by atoms with Gasteiger partial charge in [-0.2, -0.15) is 0 Å². The van der Waals surface area contributed by atoms with Gasteiger partial charge in [-0.25, -0.2) is 4.39 Å². The number of fused-ring (bicyclic) bond motifs is 1. The van der Waals surface area contributed by atoms with E-state index in [1.165, 1.54) is 18.6 Å². The monoisotopic (exact) mass is 477 g/mol. The number of hydrogen-bond donors (Lipinski definition) is 1. The zero-order valence-electron chi connectivity index (χ0n) is 17.7. The first-order chi connectivity index (χ1) is 16.1. The number of nitrogens with one attached hydrogen (secondary N) is 1. The number of pyridine rings is 1. The van der Waals surface area contributed by atoms with E-state index < -0.39 is 11.7 Å². The second kappa shape index (κ2) is 9.41. The van der Waals surface area contributed by atoms with Gasteiger partial charge in [0, 0.05) is 40.8 Å². The number of halogens is 2. The van der Waals surface area contributed by atoms with E-state index in [2.05, 4.69) is 14.6 Å². The number of aromatic nitrogens is 1. The Morgan fingerprint density at radius 2 is 1.94 bits per heavy atom. The predicted molar refractivity (Wildman–Crippen MR) is 136 cm³/mol. The van der Waals surface area contributed by atoms with Crippen LogP contribution >= 0.6 is 23.5 Å². The number of amides is 1. The largest absolute Gasteiger partial charge is 0.322 e. The molecule has 1 aliphatic heterocycles. The van der Waals surface area contributed by atoms with Crippen molar-refractivity contribution in [1.82, 2.24) is 4.98 Å². The molecule has 0 aliphatic carbocycles. The van der Waals surface area contributed by atoms with Crippen LogP contribution in [0.3, 0.4) is 0 Å². The topological polar surface area (TPSA) is 45.2 Å². The van der Waals surface area contributed by atoms with E-state index in [1.807, 2.05) is 30.3 Å². The normalized spacial score (nSPS) is 13.8. The van der Waals surface area contributed by atoms with Crippen molar-refractivity contribution in [3.63, 3.8) is 0 Å². The number of carbonyl (C=O) groups excluding carboxylic acids is 1. The molecule has 1 amide bonds. The van der Waals surface area contributed by atoms with Crippen LogP contribution in [-0.2, 0) is 0 Å². The van der Waals surface area contributed by atoms with Crippen molar-refractivity contribution in [3.8, 4) is 11.3 Å². The number of nitrogens with zero attached hydrogens (tertiary/aromatic N) is 2. The van der Waals surface area contributed by atoms with Crippen LogP contribution in [0.2, 0.25) is 5.02 Å². The number of carbonyl (C=O) groups is 1. The molecule has 3 aromatic carbocycles. The summed E-state index contributed by atoms with van der Waals surface area (Å²) in [6.07, 6.45) is 3.99. The van der Waals surface area contributed by atoms with Crippen molar-refractivity contribution in [2.24, 2.45) is 0 Å². The highest BCUT2D eigenvalue weighted by atomic mass is 35.5. The Morgan fingerprint density at radius 1 is 1.06 bits per heavy atom. The SMILES string of the molecule is O=C(Nc1ccc(Cl)c(-c2nccc3ccccc23)c1)c1ccc(N2CCCCS2)cc1F. The molecular formula is C26H21ClFN3OS. The van der Waals surface area contributed by atoms with E-state index in [0.717, 1.165) is 40.9 Å². The first-order valence-electron chi connectivity index (χ1n) is 10.8. The zero-order valence-corrected chi connectivity index (χ0v) is 19.3. The summed E-state index contributed by atoms with van der Waals surface area (Å²) >= 11 is 8.17. The van der Waals surface area contributed by atoms with Gasteiger partial charge < -0.3 is 9.62 Å². The van der Waals surface area contributed by atoms with Crippen molar-refractivity contribution in [2.45, 2.75) is 12.8 Å². The van der Waals surface area contributed by atoms with Gasteiger partial charge in [-0.05, 0) is 72.6 Å². The van der Waals surface area contributed by atoms with Gasteiger partial charge in [-0.15, -0.1) is 0 Å². The van der Waals surface area contributed by atoms with Crippen LogP contribution in [0.5, 0.6) is 0 Å². The van der Waals surface area contributed by atoms with Crippen molar-refractivity contribution >= 4 is 51.6 Å². The van der Waals surface area contributed by atoms with Crippen LogP contribution in [0.15, 0.2) is 72.9 Å². The van der Waals surface area contributed by atoms with E-state index in [0.29, 0.717) is 16.3 Å². The molecule has 4 nitrogen and oxygen atoms in total. The molecule has 0 spiro atoms. The number of anilines is 2.